The smallest absolute Gasteiger partial charge is 0.133 e. The standard InChI is InChI=1S/C11H21NO2/c1-9(12)4-5-10(13)6-7-11-3-2-8-14-11/h9,11H,2-8,12H2,1H3. The van der Waals surface area contributed by atoms with Crippen LogP contribution in [0, 0.1) is 0 Å². The van der Waals surface area contributed by atoms with Crippen molar-refractivity contribution in [3.8, 4) is 0 Å². The number of hydrogen-bond donors (Lipinski definition) is 1. The molecule has 14 heavy (non-hydrogen) atoms. The molecule has 0 bridgehead atoms. The van der Waals surface area contributed by atoms with Gasteiger partial charge >= 0.3 is 0 Å². The van der Waals surface area contributed by atoms with E-state index in [4.69, 9.17) is 10.5 Å². The topological polar surface area (TPSA) is 52.3 Å². The highest BCUT2D eigenvalue weighted by Gasteiger charge is 2.16. The van der Waals surface area contributed by atoms with Crippen LogP contribution >= 0.6 is 0 Å². The molecule has 82 valence electrons. The Morgan fingerprint density at radius 2 is 2.36 bits per heavy atom. The maximum Gasteiger partial charge on any atom is 0.133 e. The van der Waals surface area contributed by atoms with Gasteiger partial charge in [0, 0.05) is 25.5 Å². The zero-order valence-corrected chi connectivity index (χ0v) is 9.00. The molecule has 2 unspecified atom stereocenters. The molecule has 1 heterocycles. The maximum absolute atomic E-state index is 11.4. The summed E-state index contributed by atoms with van der Waals surface area (Å²) in [5.74, 6) is 0.331. The average molecular weight is 199 g/mol. The highest BCUT2D eigenvalue weighted by atomic mass is 16.5. The summed E-state index contributed by atoms with van der Waals surface area (Å²) < 4.78 is 5.45. The summed E-state index contributed by atoms with van der Waals surface area (Å²) in [5.41, 5.74) is 5.58. The minimum atomic E-state index is 0.140. The number of ketones is 1. The minimum absolute atomic E-state index is 0.140. The van der Waals surface area contributed by atoms with Crippen molar-refractivity contribution in [1.82, 2.24) is 0 Å². The number of nitrogens with two attached hydrogens (primary N) is 1. The van der Waals surface area contributed by atoms with Crippen molar-refractivity contribution in [1.29, 1.82) is 0 Å². The van der Waals surface area contributed by atoms with E-state index in [1.54, 1.807) is 0 Å². The van der Waals surface area contributed by atoms with Crippen LogP contribution in [0.15, 0.2) is 0 Å². The molecule has 2 N–H and O–H groups in total. The molecular formula is C11H21NO2. The molecule has 0 aromatic rings. The number of hydrogen-bond acceptors (Lipinski definition) is 3. The van der Waals surface area contributed by atoms with Gasteiger partial charge in [-0.25, -0.2) is 0 Å². The Labute approximate surface area is 86.0 Å². The van der Waals surface area contributed by atoms with Crippen molar-refractivity contribution < 1.29 is 9.53 Å². The van der Waals surface area contributed by atoms with Crippen LogP contribution in [0.5, 0.6) is 0 Å². The molecule has 1 rings (SSSR count). The molecule has 0 aromatic carbocycles. The van der Waals surface area contributed by atoms with Crippen LogP contribution in [0.25, 0.3) is 0 Å². The van der Waals surface area contributed by atoms with E-state index in [1.165, 1.54) is 0 Å². The maximum atomic E-state index is 11.4. The summed E-state index contributed by atoms with van der Waals surface area (Å²) in [6.45, 7) is 2.81. The van der Waals surface area contributed by atoms with Crippen molar-refractivity contribution in [2.45, 2.75) is 57.6 Å². The number of ether oxygens (including phenoxy) is 1. The van der Waals surface area contributed by atoms with E-state index in [0.29, 0.717) is 24.7 Å². The van der Waals surface area contributed by atoms with Gasteiger partial charge in [0.1, 0.15) is 5.78 Å². The Bertz CT molecular complexity index is 174. The number of carbonyl (C=O) groups excluding carboxylic acids is 1. The van der Waals surface area contributed by atoms with Crippen LogP contribution in [-0.4, -0.2) is 24.5 Å². The third kappa shape index (κ3) is 4.72. The van der Waals surface area contributed by atoms with Gasteiger partial charge in [-0.2, -0.15) is 0 Å². The zero-order chi connectivity index (χ0) is 10.4. The SMILES string of the molecule is CC(N)CCC(=O)CCC1CCCO1. The van der Waals surface area contributed by atoms with Crippen LogP contribution in [-0.2, 0) is 9.53 Å². The summed E-state index contributed by atoms with van der Waals surface area (Å²) in [6.07, 6.45) is 5.62. The predicted molar refractivity (Wildman–Crippen MR) is 56.1 cm³/mol. The molecular weight excluding hydrogens is 178 g/mol. The normalized spacial score (nSPS) is 23.7. The summed E-state index contributed by atoms with van der Waals surface area (Å²) in [6, 6.07) is 0.140. The van der Waals surface area contributed by atoms with Gasteiger partial charge in [-0.3, -0.25) is 4.79 Å². The molecule has 3 heteroatoms. The van der Waals surface area contributed by atoms with E-state index in [2.05, 4.69) is 0 Å². The van der Waals surface area contributed by atoms with Crippen LogP contribution in [0.3, 0.4) is 0 Å². The molecule has 0 radical (unpaired) electrons. The van der Waals surface area contributed by atoms with Crippen LogP contribution < -0.4 is 5.73 Å². The van der Waals surface area contributed by atoms with Crippen LogP contribution in [0.4, 0.5) is 0 Å². The predicted octanol–water partition coefficient (Wildman–Crippen LogP) is 1.64. The number of rotatable bonds is 6. The molecule has 3 nitrogen and oxygen atoms in total. The van der Waals surface area contributed by atoms with E-state index < -0.39 is 0 Å². The lowest BCUT2D eigenvalue weighted by Crippen LogP contribution is -2.17. The van der Waals surface area contributed by atoms with E-state index in [9.17, 15) is 4.79 Å². The Morgan fingerprint density at radius 1 is 1.57 bits per heavy atom. The van der Waals surface area contributed by atoms with Crippen molar-refractivity contribution >= 4 is 5.78 Å². The first-order valence-electron chi connectivity index (χ1n) is 5.57. The first kappa shape index (κ1) is 11.7. The molecule has 1 aliphatic heterocycles. The molecule has 1 saturated heterocycles. The molecule has 2 atom stereocenters. The fourth-order valence-electron chi connectivity index (χ4n) is 1.71. The van der Waals surface area contributed by atoms with Gasteiger partial charge in [-0.15, -0.1) is 0 Å². The number of carbonyl (C=O) groups is 1. The lowest BCUT2D eigenvalue weighted by atomic mass is 10.0. The fraction of sp³-hybridized carbons (Fsp3) is 0.909. The summed E-state index contributed by atoms with van der Waals surface area (Å²) in [4.78, 5) is 11.4. The van der Waals surface area contributed by atoms with Crippen LogP contribution in [0.1, 0.15) is 45.4 Å². The number of Topliss-reactive ketones (excluding diaryl/α,β-unsaturated/α-hetero) is 1. The highest BCUT2D eigenvalue weighted by Crippen LogP contribution is 2.17. The van der Waals surface area contributed by atoms with Crippen molar-refractivity contribution in [3.63, 3.8) is 0 Å². The molecule has 0 aliphatic carbocycles. The van der Waals surface area contributed by atoms with Crippen LogP contribution in [0.2, 0.25) is 0 Å². The Kier molecular flexibility index (Phi) is 5.12. The first-order valence-corrected chi connectivity index (χ1v) is 5.57. The van der Waals surface area contributed by atoms with Crippen molar-refractivity contribution in [2.75, 3.05) is 6.61 Å². The minimum Gasteiger partial charge on any atom is -0.378 e. The lowest BCUT2D eigenvalue weighted by molar-refractivity contribution is -0.119. The van der Waals surface area contributed by atoms with Gasteiger partial charge in [0.05, 0.1) is 6.10 Å². The van der Waals surface area contributed by atoms with E-state index in [0.717, 1.165) is 32.3 Å². The Hall–Kier alpha value is -0.410. The van der Waals surface area contributed by atoms with Crippen molar-refractivity contribution in [2.24, 2.45) is 5.73 Å². The highest BCUT2D eigenvalue weighted by molar-refractivity contribution is 5.78. The second-order valence-corrected chi connectivity index (χ2v) is 4.23. The molecule has 1 aliphatic rings. The first-order chi connectivity index (χ1) is 6.68. The van der Waals surface area contributed by atoms with E-state index >= 15 is 0 Å². The summed E-state index contributed by atoms with van der Waals surface area (Å²) >= 11 is 0. The Morgan fingerprint density at radius 3 is 2.93 bits per heavy atom. The average Bonchev–Trinajstić information content (AvgIpc) is 2.63. The largest absolute Gasteiger partial charge is 0.378 e. The second kappa shape index (κ2) is 6.14. The van der Waals surface area contributed by atoms with Crippen molar-refractivity contribution in [3.05, 3.63) is 0 Å². The monoisotopic (exact) mass is 199 g/mol. The van der Waals surface area contributed by atoms with Gasteiger partial charge in [0.25, 0.3) is 0 Å². The zero-order valence-electron chi connectivity index (χ0n) is 9.00. The van der Waals surface area contributed by atoms with Gasteiger partial charge in [-0.05, 0) is 32.6 Å². The van der Waals surface area contributed by atoms with E-state index in [-0.39, 0.29) is 6.04 Å². The van der Waals surface area contributed by atoms with Gasteiger partial charge in [0.2, 0.25) is 0 Å². The third-order valence-electron chi connectivity index (χ3n) is 2.65. The quantitative estimate of drug-likeness (QED) is 0.707. The summed E-state index contributed by atoms with van der Waals surface area (Å²) in [5, 5.41) is 0. The molecule has 0 spiro atoms. The van der Waals surface area contributed by atoms with Gasteiger partial charge in [-0.1, -0.05) is 0 Å². The second-order valence-electron chi connectivity index (χ2n) is 4.23. The van der Waals surface area contributed by atoms with E-state index in [1.807, 2.05) is 6.92 Å². The van der Waals surface area contributed by atoms with Gasteiger partial charge in [0.15, 0.2) is 0 Å². The third-order valence-corrected chi connectivity index (χ3v) is 2.65. The van der Waals surface area contributed by atoms with Gasteiger partial charge < -0.3 is 10.5 Å². The summed E-state index contributed by atoms with van der Waals surface area (Å²) in [7, 11) is 0. The lowest BCUT2D eigenvalue weighted by Gasteiger charge is -2.08. The molecule has 0 amide bonds. The molecule has 1 fully saturated rings. The molecule has 0 saturated carbocycles. The molecule has 0 aromatic heterocycles. The fourth-order valence-corrected chi connectivity index (χ4v) is 1.71. The Balaban J connectivity index is 2.02.